The second-order valence-electron chi connectivity index (χ2n) is 6.53. The molecule has 5 heteroatoms. The molecule has 1 heterocycles. The van der Waals surface area contributed by atoms with Gasteiger partial charge in [0.05, 0.1) is 0 Å². The molecule has 5 nitrogen and oxygen atoms in total. The van der Waals surface area contributed by atoms with Crippen LogP contribution < -0.4 is 17.0 Å². The van der Waals surface area contributed by atoms with Crippen molar-refractivity contribution >= 4 is 0 Å². The van der Waals surface area contributed by atoms with Gasteiger partial charge < -0.3 is 5.73 Å². The van der Waals surface area contributed by atoms with E-state index in [-0.39, 0.29) is 22.2 Å². The van der Waals surface area contributed by atoms with Crippen LogP contribution >= 0.6 is 0 Å². The normalized spacial score (nSPS) is 12.8. The van der Waals surface area contributed by atoms with Gasteiger partial charge in [-0.25, -0.2) is 4.79 Å². The summed E-state index contributed by atoms with van der Waals surface area (Å²) in [5.41, 5.74) is 5.46. The Balaban J connectivity index is 3.01. The average molecular weight is 253 g/mol. The van der Waals surface area contributed by atoms with Gasteiger partial charge in [-0.2, -0.15) is 0 Å². The Morgan fingerprint density at radius 2 is 1.83 bits per heavy atom. The Morgan fingerprint density at radius 1 is 1.28 bits per heavy atom. The highest BCUT2D eigenvalue weighted by atomic mass is 16.2. The Kier molecular flexibility index (Phi) is 3.86. The summed E-state index contributed by atoms with van der Waals surface area (Å²) >= 11 is 0. The van der Waals surface area contributed by atoms with E-state index in [0.717, 1.165) is 6.42 Å². The smallest absolute Gasteiger partial charge is 0.326 e. The predicted octanol–water partition coefficient (Wildman–Crippen LogP) is 0.999. The zero-order valence-corrected chi connectivity index (χ0v) is 11.8. The summed E-state index contributed by atoms with van der Waals surface area (Å²) in [6.07, 6.45) is 2.39. The van der Waals surface area contributed by atoms with Crippen LogP contribution in [0.1, 0.15) is 39.7 Å². The van der Waals surface area contributed by atoms with Crippen LogP contribution in [0, 0.1) is 12.3 Å². The topological polar surface area (TPSA) is 80.9 Å². The van der Waals surface area contributed by atoms with E-state index in [9.17, 15) is 9.59 Å². The molecular formula is C13H23N3O2. The number of nitrogens with zero attached hydrogens (tertiary/aromatic N) is 1. The van der Waals surface area contributed by atoms with Crippen molar-refractivity contribution in [1.82, 2.24) is 9.55 Å². The zero-order valence-electron chi connectivity index (χ0n) is 11.8. The minimum absolute atomic E-state index is 0.118. The van der Waals surface area contributed by atoms with Crippen molar-refractivity contribution in [2.24, 2.45) is 11.1 Å². The molecule has 1 aromatic heterocycles. The maximum absolute atomic E-state index is 11.7. The van der Waals surface area contributed by atoms with Gasteiger partial charge in [0, 0.05) is 23.8 Å². The minimum Gasteiger partial charge on any atom is -0.326 e. The molecule has 102 valence electrons. The highest BCUT2D eigenvalue weighted by Gasteiger charge is 2.26. The molecule has 0 saturated carbocycles. The molecule has 0 radical (unpaired) electrons. The second-order valence-corrected chi connectivity index (χ2v) is 6.53. The summed E-state index contributed by atoms with van der Waals surface area (Å²) in [6, 6.07) is 0. The molecule has 0 amide bonds. The monoisotopic (exact) mass is 253 g/mol. The lowest BCUT2D eigenvalue weighted by Gasteiger charge is -2.32. The molecule has 0 aliphatic heterocycles. The Hall–Kier alpha value is -1.36. The minimum atomic E-state index is -0.367. The standard InChI is InChI=1S/C13H23N3O2/c1-9-6-16(11(18)15-10(9)17)8-12(2,3)7-13(4,5)14/h6H,7-8,14H2,1-5H3,(H,15,17,18). The van der Waals surface area contributed by atoms with E-state index in [1.54, 1.807) is 17.7 Å². The van der Waals surface area contributed by atoms with Gasteiger partial charge in [-0.15, -0.1) is 0 Å². The van der Waals surface area contributed by atoms with Crippen molar-refractivity contribution in [3.63, 3.8) is 0 Å². The number of aromatic nitrogens is 2. The van der Waals surface area contributed by atoms with Crippen molar-refractivity contribution in [3.05, 3.63) is 32.6 Å². The van der Waals surface area contributed by atoms with Crippen LogP contribution in [0.15, 0.2) is 15.8 Å². The van der Waals surface area contributed by atoms with Crippen molar-refractivity contribution in [3.8, 4) is 0 Å². The molecule has 0 aromatic carbocycles. The molecular weight excluding hydrogens is 230 g/mol. The molecule has 1 aromatic rings. The van der Waals surface area contributed by atoms with Crippen molar-refractivity contribution in [1.29, 1.82) is 0 Å². The van der Waals surface area contributed by atoms with Crippen LogP contribution in [-0.2, 0) is 6.54 Å². The number of nitrogens with one attached hydrogen (secondary N) is 1. The first-order valence-corrected chi connectivity index (χ1v) is 6.09. The van der Waals surface area contributed by atoms with Crippen LogP contribution in [0.2, 0.25) is 0 Å². The quantitative estimate of drug-likeness (QED) is 0.840. The van der Waals surface area contributed by atoms with E-state index in [1.807, 2.05) is 13.8 Å². The number of aromatic amines is 1. The van der Waals surface area contributed by atoms with Gasteiger partial charge in [0.15, 0.2) is 0 Å². The molecule has 0 unspecified atom stereocenters. The number of nitrogens with two attached hydrogens (primary N) is 1. The van der Waals surface area contributed by atoms with Gasteiger partial charge in [0.1, 0.15) is 0 Å². The molecule has 0 fully saturated rings. The number of H-pyrrole nitrogens is 1. The van der Waals surface area contributed by atoms with Gasteiger partial charge in [-0.3, -0.25) is 14.3 Å². The molecule has 3 N–H and O–H groups in total. The van der Waals surface area contributed by atoms with Gasteiger partial charge >= 0.3 is 5.69 Å². The molecule has 0 spiro atoms. The van der Waals surface area contributed by atoms with Gasteiger partial charge in [0.25, 0.3) is 5.56 Å². The lowest BCUT2D eigenvalue weighted by molar-refractivity contribution is 0.220. The highest BCUT2D eigenvalue weighted by molar-refractivity contribution is 5.01. The number of aryl methyl sites for hydroxylation is 1. The first kappa shape index (κ1) is 14.7. The van der Waals surface area contributed by atoms with Gasteiger partial charge in [-0.05, 0) is 32.6 Å². The van der Waals surface area contributed by atoms with Crippen LogP contribution in [0.3, 0.4) is 0 Å². The largest absolute Gasteiger partial charge is 0.328 e. The third-order valence-electron chi connectivity index (χ3n) is 2.72. The van der Waals surface area contributed by atoms with Crippen LogP contribution in [-0.4, -0.2) is 15.1 Å². The molecule has 0 atom stereocenters. The van der Waals surface area contributed by atoms with E-state index >= 15 is 0 Å². The molecule has 0 aliphatic carbocycles. The summed E-state index contributed by atoms with van der Waals surface area (Å²) in [6.45, 7) is 10.3. The van der Waals surface area contributed by atoms with E-state index < -0.39 is 0 Å². The van der Waals surface area contributed by atoms with E-state index in [2.05, 4.69) is 18.8 Å². The molecule has 0 bridgehead atoms. The third-order valence-corrected chi connectivity index (χ3v) is 2.72. The van der Waals surface area contributed by atoms with Crippen LogP contribution in [0.4, 0.5) is 0 Å². The number of rotatable bonds is 4. The number of hydrogen-bond acceptors (Lipinski definition) is 3. The zero-order chi connectivity index (χ0) is 14.1. The fraction of sp³-hybridized carbons (Fsp3) is 0.692. The maximum Gasteiger partial charge on any atom is 0.328 e. The van der Waals surface area contributed by atoms with E-state index in [1.165, 1.54) is 0 Å². The van der Waals surface area contributed by atoms with Crippen molar-refractivity contribution in [2.45, 2.75) is 53.1 Å². The first-order chi connectivity index (χ1) is 8.00. The van der Waals surface area contributed by atoms with E-state index in [4.69, 9.17) is 5.73 Å². The molecule has 0 saturated heterocycles. The first-order valence-electron chi connectivity index (χ1n) is 6.09. The lowest BCUT2D eigenvalue weighted by Crippen LogP contribution is -2.41. The second kappa shape index (κ2) is 4.72. The number of hydrogen-bond donors (Lipinski definition) is 2. The molecule has 18 heavy (non-hydrogen) atoms. The Labute approximate surface area is 107 Å². The van der Waals surface area contributed by atoms with Crippen molar-refractivity contribution in [2.75, 3.05) is 0 Å². The van der Waals surface area contributed by atoms with Gasteiger partial charge in [-0.1, -0.05) is 13.8 Å². The van der Waals surface area contributed by atoms with Crippen molar-refractivity contribution < 1.29 is 0 Å². The summed E-state index contributed by atoms with van der Waals surface area (Å²) < 4.78 is 1.54. The predicted molar refractivity (Wildman–Crippen MR) is 72.7 cm³/mol. The summed E-state index contributed by atoms with van der Waals surface area (Å²) in [7, 11) is 0. The SMILES string of the molecule is Cc1cn(CC(C)(C)CC(C)(C)N)c(=O)[nH]c1=O. The molecule has 0 aliphatic rings. The summed E-state index contributed by atoms with van der Waals surface area (Å²) in [4.78, 5) is 25.3. The average Bonchev–Trinajstić information content (AvgIpc) is 2.09. The third kappa shape index (κ3) is 4.14. The lowest BCUT2D eigenvalue weighted by atomic mass is 9.80. The van der Waals surface area contributed by atoms with E-state index in [0.29, 0.717) is 12.1 Å². The van der Waals surface area contributed by atoms with Gasteiger partial charge in [0.2, 0.25) is 0 Å². The van der Waals surface area contributed by atoms with Crippen LogP contribution in [0.25, 0.3) is 0 Å². The summed E-state index contributed by atoms with van der Waals surface area (Å²) in [5, 5.41) is 0. The maximum atomic E-state index is 11.7. The highest BCUT2D eigenvalue weighted by Crippen LogP contribution is 2.27. The molecule has 1 rings (SSSR count). The fourth-order valence-corrected chi connectivity index (χ4v) is 2.49. The van der Waals surface area contributed by atoms with Crippen LogP contribution in [0.5, 0.6) is 0 Å². The summed E-state index contributed by atoms with van der Waals surface area (Å²) in [5.74, 6) is 0. The fourth-order valence-electron chi connectivity index (χ4n) is 2.49. The Bertz CT molecular complexity index is 532. The Morgan fingerprint density at radius 3 is 2.33 bits per heavy atom.